The van der Waals surface area contributed by atoms with Gasteiger partial charge in [0.25, 0.3) is 0 Å². The average Bonchev–Trinajstić information content (AvgIpc) is 2.19. The Labute approximate surface area is 84.9 Å². The van der Waals surface area contributed by atoms with E-state index in [1.54, 1.807) is 0 Å². The van der Waals surface area contributed by atoms with Gasteiger partial charge in [0.05, 0.1) is 11.5 Å². The minimum atomic E-state index is -2.80. The van der Waals surface area contributed by atoms with Gasteiger partial charge in [-0.05, 0) is 24.6 Å². The summed E-state index contributed by atoms with van der Waals surface area (Å²) in [6.45, 7) is 0. The van der Waals surface area contributed by atoms with E-state index in [-0.39, 0.29) is 5.75 Å². The van der Waals surface area contributed by atoms with E-state index < -0.39 is 9.84 Å². The molecule has 2 rings (SSSR count). The lowest BCUT2D eigenvalue weighted by atomic mass is 10.1. The first-order valence-corrected chi connectivity index (χ1v) is 6.34. The average molecular weight is 213 g/mol. The third-order valence-corrected chi connectivity index (χ3v) is 3.75. The summed E-state index contributed by atoms with van der Waals surface area (Å²) in [4.78, 5) is 0. The molecule has 1 heterocycles. The van der Waals surface area contributed by atoms with Crippen molar-refractivity contribution in [3.63, 3.8) is 0 Å². The van der Waals surface area contributed by atoms with E-state index in [9.17, 15) is 8.42 Å². The van der Waals surface area contributed by atoms with Gasteiger partial charge in [-0.3, -0.25) is 0 Å². The van der Waals surface area contributed by atoms with E-state index >= 15 is 0 Å². The number of fused-ring (bicyclic) bond motifs is 1. The van der Waals surface area contributed by atoms with Crippen molar-refractivity contribution in [2.24, 2.45) is 5.73 Å². The van der Waals surface area contributed by atoms with Crippen LogP contribution in [0, 0.1) is 0 Å². The molecule has 14 heavy (non-hydrogen) atoms. The lowest BCUT2D eigenvalue weighted by molar-refractivity contribution is 0.591. The summed E-state index contributed by atoms with van der Waals surface area (Å²) in [5, 5.41) is 0. The SMILES string of the molecule is CN.O=S1(=O)CCc2ccccc2C1. The highest BCUT2D eigenvalue weighted by molar-refractivity contribution is 7.90. The zero-order valence-electron chi connectivity index (χ0n) is 8.23. The van der Waals surface area contributed by atoms with Crippen LogP contribution < -0.4 is 5.73 Å². The van der Waals surface area contributed by atoms with Gasteiger partial charge in [-0.2, -0.15) is 0 Å². The zero-order valence-corrected chi connectivity index (χ0v) is 9.05. The summed E-state index contributed by atoms with van der Waals surface area (Å²) < 4.78 is 22.4. The van der Waals surface area contributed by atoms with Crippen molar-refractivity contribution in [1.82, 2.24) is 0 Å². The molecule has 1 aromatic rings. The molecule has 0 aliphatic carbocycles. The summed E-state index contributed by atoms with van der Waals surface area (Å²) >= 11 is 0. The van der Waals surface area contributed by atoms with E-state index in [0.29, 0.717) is 12.2 Å². The summed E-state index contributed by atoms with van der Waals surface area (Å²) in [6.07, 6.45) is 0.679. The van der Waals surface area contributed by atoms with E-state index in [1.165, 1.54) is 12.6 Å². The number of nitrogens with two attached hydrogens (primary N) is 1. The maximum atomic E-state index is 11.2. The topological polar surface area (TPSA) is 60.2 Å². The molecule has 3 nitrogen and oxygen atoms in total. The van der Waals surface area contributed by atoms with Crippen molar-refractivity contribution in [2.75, 3.05) is 12.8 Å². The Bertz CT molecular complexity index is 398. The molecular formula is C10H15NO2S. The second-order valence-electron chi connectivity index (χ2n) is 3.11. The monoisotopic (exact) mass is 213 g/mol. The van der Waals surface area contributed by atoms with Crippen molar-refractivity contribution in [3.8, 4) is 0 Å². The Morgan fingerprint density at radius 3 is 2.36 bits per heavy atom. The minimum absolute atomic E-state index is 0.225. The molecular weight excluding hydrogens is 198 g/mol. The van der Waals surface area contributed by atoms with E-state index in [0.717, 1.165) is 5.56 Å². The first-order chi connectivity index (χ1) is 6.67. The van der Waals surface area contributed by atoms with Crippen molar-refractivity contribution < 1.29 is 8.42 Å². The predicted molar refractivity (Wildman–Crippen MR) is 57.7 cm³/mol. The van der Waals surface area contributed by atoms with Crippen molar-refractivity contribution in [3.05, 3.63) is 35.4 Å². The number of aryl methyl sites for hydroxylation is 1. The smallest absolute Gasteiger partial charge is 0.154 e. The van der Waals surface area contributed by atoms with Crippen LogP contribution in [-0.2, 0) is 22.0 Å². The van der Waals surface area contributed by atoms with Crippen LogP contribution in [0.3, 0.4) is 0 Å². The second-order valence-corrected chi connectivity index (χ2v) is 5.29. The van der Waals surface area contributed by atoms with Crippen molar-refractivity contribution >= 4 is 9.84 Å². The summed E-state index contributed by atoms with van der Waals surface area (Å²) in [6, 6.07) is 7.74. The van der Waals surface area contributed by atoms with Gasteiger partial charge >= 0.3 is 0 Å². The fourth-order valence-electron chi connectivity index (χ4n) is 1.52. The van der Waals surface area contributed by atoms with E-state index in [4.69, 9.17) is 0 Å². The molecule has 4 heteroatoms. The normalized spacial score (nSPS) is 17.6. The Balaban J connectivity index is 0.000000461. The molecule has 0 amide bonds. The standard InChI is InChI=1S/C9H10O2S.CH5N/c10-12(11)6-5-8-3-1-2-4-9(8)7-12;1-2/h1-4H,5-7H2;2H2,1H3. The molecule has 1 aromatic carbocycles. The first kappa shape index (κ1) is 11.2. The summed E-state index contributed by atoms with van der Waals surface area (Å²) in [7, 11) is -1.30. The molecule has 0 atom stereocenters. The molecule has 0 fully saturated rings. The van der Waals surface area contributed by atoms with Gasteiger partial charge in [-0.25, -0.2) is 8.42 Å². The van der Waals surface area contributed by atoms with Crippen LogP contribution in [0.5, 0.6) is 0 Å². The molecule has 1 aliphatic rings. The van der Waals surface area contributed by atoms with Gasteiger partial charge in [0.15, 0.2) is 9.84 Å². The Hall–Kier alpha value is -0.870. The minimum Gasteiger partial charge on any atom is -0.333 e. The molecule has 0 aromatic heterocycles. The number of benzene rings is 1. The van der Waals surface area contributed by atoms with Crippen LogP contribution in [0.25, 0.3) is 0 Å². The predicted octanol–water partition coefficient (Wildman–Crippen LogP) is 0.732. The molecule has 2 N–H and O–H groups in total. The van der Waals surface area contributed by atoms with Crippen LogP contribution in [0.4, 0.5) is 0 Å². The Kier molecular flexibility index (Phi) is 3.66. The third-order valence-electron chi connectivity index (χ3n) is 2.18. The molecule has 0 bridgehead atoms. The second kappa shape index (κ2) is 4.57. The highest BCUT2D eigenvalue weighted by atomic mass is 32.2. The highest BCUT2D eigenvalue weighted by Crippen LogP contribution is 2.19. The Morgan fingerprint density at radius 1 is 1.14 bits per heavy atom. The number of rotatable bonds is 0. The molecule has 0 spiro atoms. The molecule has 0 saturated heterocycles. The van der Waals surface area contributed by atoms with Crippen LogP contribution in [0.15, 0.2) is 24.3 Å². The molecule has 0 unspecified atom stereocenters. The zero-order chi connectivity index (χ0) is 10.6. The van der Waals surface area contributed by atoms with Gasteiger partial charge < -0.3 is 5.73 Å². The van der Waals surface area contributed by atoms with Gasteiger partial charge in [0, 0.05) is 0 Å². The first-order valence-electron chi connectivity index (χ1n) is 4.52. The summed E-state index contributed by atoms with van der Waals surface area (Å²) in [5.41, 5.74) is 6.66. The largest absolute Gasteiger partial charge is 0.333 e. The van der Waals surface area contributed by atoms with Crippen LogP contribution >= 0.6 is 0 Å². The van der Waals surface area contributed by atoms with Crippen LogP contribution in [0.2, 0.25) is 0 Å². The fraction of sp³-hybridized carbons (Fsp3) is 0.400. The quantitative estimate of drug-likeness (QED) is 0.691. The Morgan fingerprint density at radius 2 is 1.71 bits per heavy atom. The molecule has 1 aliphatic heterocycles. The van der Waals surface area contributed by atoms with Crippen molar-refractivity contribution in [1.29, 1.82) is 0 Å². The number of sulfone groups is 1. The summed E-state index contributed by atoms with van der Waals surface area (Å²) in [5.74, 6) is 0.535. The van der Waals surface area contributed by atoms with E-state index in [1.807, 2.05) is 24.3 Å². The maximum Gasteiger partial charge on any atom is 0.154 e. The van der Waals surface area contributed by atoms with Crippen LogP contribution in [0.1, 0.15) is 11.1 Å². The van der Waals surface area contributed by atoms with Crippen molar-refractivity contribution in [2.45, 2.75) is 12.2 Å². The number of hydrogen-bond acceptors (Lipinski definition) is 3. The van der Waals surface area contributed by atoms with Gasteiger partial charge in [0.1, 0.15) is 0 Å². The lowest BCUT2D eigenvalue weighted by Crippen LogP contribution is -2.18. The molecule has 0 saturated carbocycles. The van der Waals surface area contributed by atoms with Gasteiger partial charge in [-0.15, -0.1) is 0 Å². The maximum absolute atomic E-state index is 11.2. The fourth-order valence-corrected chi connectivity index (χ4v) is 2.95. The number of hydrogen-bond donors (Lipinski definition) is 1. The lowest BCUT2D eigenvalue weighted by Gasteiger charge is -2.15. The molecule has 78 valence electrons. The van der Waals surface area contributed by atoms with Gasteiger partial charge in [-0.1, -0.05) is 24.3 Å². The molecule has 0 radical (unpaired) electrons. The highest BCUT2D eigenvalue weighted by Gasteiger charge is 2.19. The van der Waals surface area contributed by atoms with E-state index in [2.05, 4.69) is 5.73 Å². The third kappa shape index (κ3) is 2.56. The van der Waals surface area contributed by atoms with Gasteiger partial charge in [0.2, 0.25) is 0 Å². The van der Waals surface area contributed by atoms with Crippen LogP contribution in [-0.4, -0.2) is 21.2 Å².